The quantitative estimate of drug-likeness (QED) is 0.552. The lowest BCUT2D eigenvalue weighted by atomic mass is 10.2. The summed E-state index contributed by atoms with van der Waals surface area (Å²) < 4.78 is 5.51. The number of rotatable bonds is 9. The van der Waals surface area contributed by atoms with Gasteiger partial charge in [-0.1, -0.05) is 13.8 Å². The summed E-state index contributed by atoms with van der Waals surface area (Å²) in [6, 6.07) is 5.15. The van der Waals surface area contributed by atoms with E-state index in [9.17, 15) is 10.1 Å². The van der Waals surface area contributed by atoms with Gasteiger partial charge in [-0.15, -0.1) is 0 Å². The van der Waals surface area contributed by atoms with Gasteiger partial charge in [-0.05, 0) is 19.1 Å². The van der Waals surface area contributed by atoms with Gasteiger partial charge in [-0.2, -0.15) is 11.8 Å². The maximum absolute atomic E-state index is 11.0. The molecule has 0 saturated carbocycles. The topological polar surface area (TPSA) is 64.4 Å². The lowest BCUT2D eigenvalue weighted by Crippen LogP contribution is -2.21. The molecule has 0 radical (unpaired) electrons. The average Bonchev–Trinajstić information content (AvgIpc) is 2.44. The van der Waals surface area contributed by atoms with Crippen LogP contribution in [-0.2, 0) is 0 Å². The molecule has 0 aliphatic heterocycles. The summed E-state index contributed by atoms with van der Waals surface area (Å²) in [5, 5.41) is 14.3. The molecule has 1 aromatic rings. The predicted octanol–water partition coefficient (Wildman–Crippen LogP) is 3.94. The van der Waals surface area contributed by atoms with Crippen molar-refractivity contribution in [1.29, 1.82) is 0 Å². The molecule has 0 heterocycles. The molecule has 1 N–H and O–H groups in total. The maximum Gasteiger partial charge on any atom is 0.275 e. The molecule has 0 spiro atoms. The predicted molar refractivity (Wildman–Crippen MR) is 85.0 cm³/mol. The Bertz CT molecular complexity index is 440. The second-order valence-electron chi connectivity index (χ2n) is 4.53. The van der Waals surface area contributed by atoms with Crippen molar-refractivity contribution in [1.82, 2.24) is 0 Å². The summed E-state index contributed by atoms with van der Waals surface area (Å²) in [4.78, 5) is 10.6. The van der Waals surface area contributed by atoms with Crippen molar-refractivity contribution in [2.45, 2.75) is 32.7 Å². The Labute approximate surface area is 124 Å². The normalized spacial score (nSPS) is 11.9. The van der Waals surface area contributed by atoms with Gasteiger partial charge < -0.3 is 10.1 Å². The van der Waals surface area contributed by atoms with Crippen LogP contribution in [0.3, 0.4) is 0 Å². The number of non-ortho nitro benzene ring substituents is 1. The minimum Gasteiger partial charge on any atom is -0.493 e. The third-order valence-corrected chi connectivity index (χ3v) is 3.54. The third kappa shape index (κ3) is 5.28. The first-order chi connectivity index (χ1) is 9.60. The number of hydrogen-bond acceptors (Lipinski definition) is 5. The molecular weight excluding hydrogens is 276 g/mol. The molecule has 0 fully saturated rings. The highest BCUT2D eigenvalue weighted by atomic mass is 32.2. The molecule has 1 unspecified atom stereocenters. The number of hydrogen-bond donors (Lipinski definition) is 1. The molecule has 112 valence electrons. The molecule has 0 bridgehead atoms. The van der Waals surface area contributed by atoms with Crippen molar-refractivity contribution in [3.8, 4) is 5.75 Å². The highest BCUT2D eigenvalue weighted by Gasteiger charge is 2.13. The maximum atomic E-state index is 11.0. The van der Waals surface area contributed by atoms with Crippen LogP contribution in [0.15, 0.2) is 18.2 Å². The smallest absolute Gasteiger partial charge is 0.275 e. The first-order valence-electron chi connectivity index (χ1n) is 6.78. The van der Waals surface area contributed by atoms with E-state index in [-0.39, 0.29) is 10.6 Å². The summed E-state index contributed by atoms with van der Waals surface area (Å²) in [6.45, 7) is 4.66. The zero-order valence-electron chi connectivity index (χ0n) is 12.2. The highest BCUT2D eigenvalue weighted by molar-refractivity contribution is 7.98. The van der Waals surface area contributed by atoms with Crippen LogP contribution in [0.1, 0.15) is 26.7 Å². The molecule has 0 aromatic heterocycles. The summed E-state index contributed by atoms with van der Waals surface area (Å²) in [7, 11) is 0. The van der Waals surface area contributed by atoms with Gasteiger partial charge in [0.2, 0.25) is 0 Å². The number of thioether (sulfide) groups is 1. The second kappa shape index (κ2) is 8.68. The van der Waals surface area contributed by atoms with E-state index >= 15 is 0 Å². The molecule has 1 atom stereocenters. The van der Waals surface area contributed by atoms with Gasteiger partial charge in [0.05, 0.1) is 17.6 Å². The van der Waals surface area contributed by atoms with Crippen LogP contribution in [0.5, 0.6) is 5.75 Å². The minimum atomic E-state index is -0.389. The largest absolute Gasteiger partial charge is 0.493 e. The van der Waals surface area contributed by atoms with Gasteiger partial charge >= 0.3 is 0 Å². The lowest BCUT2D eigenvalue weighted by Gasteiger charge is -2.17. The number of ether oxygens (including phenoxy) is 1. The zero-order chi connectivity index (χ0) is 15.0. The fourth-order valence-electron chi connectivity index (χ4n) is 1.77. The van der Waals surface area contributed by atoms with E-state index in [0.717, 1.165) is 24.3 Å². The van der Waals surface area contributed by atoms with Crippen molar-refractivity contribution in [2.24, 2.45) is 0 Å². The van der Waals surface area contributed by atoms with Crippen molar-refractivity contribution < 1.29 is 9.66 Å². The highest BCUT2D eigenvalue weighted by Crippen LogP contribution is 2.27. The van der Waals surface area contributed by atoms with Crippen molar-refractivity contribution in [2.75, 3.05) is 23.9 Å². The van der Waals surface area contributed by atoms with Crippen molar-refractivity contribution in [3.63, 3.8) is 0 Å². The molecule has 0 aliphatic rings. The standard InChI is InChI=1S/C14H22N2O3S/c1-4-6-19-14-8-12(7-13(9-14)16(17)18)15-11(5-2)10-20-3/h7-9,11,15H,4-6,10H2,1-3H3. The number of anilines is 1. The van der Waals surface area contributed by atoms with E-state index in [1.807, 2.05) is 19.2 Å². The van der Waals surface area contributed by atoms with E-state index < -0.39 is 0 Å². The van der Waals surface area contributed by atoms with Crippen LogP contribution >= 0.6 is 11.8 Å². The van der Waals surface area contributed by atoms with Crippen LogP contribution in [0.2, 0.25) is 0 Å². The average molecular weight is 298 g/mol. The lowest BCUT2D eigenvalue weighted by molar-refractivity contribution is -0.384. The molecule has 5 nitrogen and oxygen atoms in total. The van der Waals surface area contributed by atoms with E-state index in [1.54, 1.807) is 17.8 Å². The molecule has 20 heavy (non-hydrogen) atoms. The Balaban J connectivity index is 2.92. The third-order valence-electron chi connectivity index (χ3n) is 2.81. The molecule has 0 amide bonds. The fraction of sp³-hybridized carbons (Fsp3) is 0.571. The second-order valence-corrected chi connectivity index (χ2v) is 5.44. The van der Waals surface area contributed by atoms with Gasteiger partial charge in [-0.25, -0.2) is 0 Å². The van der Waals surface area contributed by atoms with E-state index in [2.05, 4.69) is 12.2 Å². The van der Waals surface area contributed by atoms with Gasteiger partial charge in [0.25, 0.3) is 5.69 Å². The molecule has 0 saturated heterocycles. The van der Waals surface area contributed by atoms with Crippen LogP contribution in [0.25, 0.3) is 0 Å². The van der Waals surface area contributed by atoms with Gasteiger partial charge in [0.1, 0.15) is 5.75 Å². The van der Waals surface area contributed by atoms with Gasteiger partial charge in [-0.3, -0.25) is 10.1 Å². The molecular formula is C14H22N2O3S. The Morgan fingerprint density at radius 2 is 2.15 bits per heavy atom. The SMILES string of the molecule is CCCOc1cc(NC(CC)CSC)cc([N+](=O)[O-])c1. The monoisotopic (exact) mass is 298 g/mol. The Kier molecular flexibility index (Phi) is 7.22. The molecule has 0 aliphatic carbocycles. The van der Waals surface area contributed by atoms with Crippen LogP contribution in [0.4, 0.5) is 11.4 Å². The summed E-state index contributed by atoms with van der Waals surface area (Å²) >= 11 is 1.75. The number of nitro benzene ring substituents is 1. The summed E-state index contributed by atoms with van der Waals surface area (Å²) in [6.07, 6.45) is 3.89. The van der Waals surface area contributed by atoms with Crippen LogP contribution in [-0.4, -0.2) is 29.6 Å². The van der Waals surface area contributed by atoms with Crippen molar-refractivity contribution in [3.05, 3.63) is 28.3 Å². The van der Waals surface area contributed by atoms with E-state index in [1.165, 1.54) is 6.07 Å². The number of nitrogens with one attached hydrogen (secondary N) is 1. The molecule has 1 rings (SSSR count). The molecule has 1 aromatic carbocycles. The van der Waals surface area contributed by atoms with Crippen LogP contribution in [0, 0.1) is 10.1 Å². The first kappa shape index (κ1) is 16.6. The van der Waals surface area contributed by atoms with Gasteiger partial charge in [0.15, 0.2) is 0 Å². The zero-order valence-corrected chi connectivity index (χ0v) is 13.0. The van der Waals surface area contributed by atoms with Crippen LogP contribution < -0.4 is 10.1 Å². The number of nitro groups is 1. The van der Waals surface area contributed by atoms with E-state index in [4.69, 9.17) is 4.74 Å². The van der Waals surface area contributed by atoms with E-state index in [0.29, 0.717) is 18.4 Å². The minimum absolute atomic E-state index is 0.0557. The van der Waals surface area contributed by atoms with Crippen molar-refractivity contribution >= 4 is 23.1 Å². The Morgan fingerprint density at radius 1 is 1.40 bits per heavy atom. The molecule has 6 heteroatoms. The summed E-state index contributed by atoms with van der Waals surface area (Å²) in [5.74, 6) is 1.51. The number of nitrogens with zero attached hydrogens (tertiary/aromatic N) is 1. The Morgan fingerprint density at radius 3 is 2.70 bits per heavy atom. The summed E-state index contributed by atoms with van der Waals surface area (Å²) in [5.41, 5.74) is 0.798. The number of benzene rings is 1. The first-order valence-corrected chi connectivity index (χ1v) is 8.17. The fourth-order valence-corrected chi connectivity index (χ4v) is 2.50. The van der Waals surface area contributed by atoms with Gasteiger partial charge in [0, 0.05) is 29.6 Å². The Hall–Kier alpha value is -1.43.